The summed E-state index contributed by atoms with van der Waals surface area (Å²) in [6.45, 7) is -0.0237. The van der Waals surface area contributed by atoms with Gasteiger partial charge in [0.15, 0.2) is 5.82 Å². The van der Waals surface area contributed by atoms with Gasteiger partial charge in [-0.1, -0.05) is 12.8 Å². The number of nitrogens with one attached hydrogen (secondary N) is 2. The number of aryl methyl sites for hydroxylation is 1. The number of carboxylic acid groups (broad SMARTS) is 1. The van der Waals surface area contributed by atoms with Crippen LogP contribution in [0.5, 0.6) is 0 Å². The zero-order chi connectivity index (χ0) is 17.3. The minimum Gasteiger partial charge on any atom is -0.481 e. The summed E-state index contributed by atoms with van der Waals surface area (Å²) >= 11 is 0. The highest BCUT2D eigenvalue weighted by Crippen LogP contribution is 2.40. The van der Waals surface area contributed by atoms with Crippen molar-refractivity contribution in [3.05, 3.63) is 11.8 Å². The fourth-order valence-corrected chi connectivity index (χ4v) is 3.32. The molecule has 3 rings (SSSR count). The molecule has 0 bridgehead atoms. The van der Waals surface area contributed by atoms with Gasteiger partial charge in [0.25, 0.3) is 0 Å². The minimum atomic E-state index is -0.944. The highest BCUT2D eigenvalue weighted by Gasteiger charge is 2.41. The Morgan fingerprint density at radius 2 is 1.96 bits per heavy atom. The second-order valence-electron chi connectivity index (χ2n) is 6.78. The average molecular weight is 334 g/mol. The monoisotopic (exact) mass is 334 g/mol. The lowest BCUT2D eigenvalue weighted by Gasteiger charge is -2.23. The summed E-state index contributed by atoms with van der Waals surface area (Å²) in [5, 5.41) is 18.5. The summed E-state index contributed by atoms with van der Waals surface area (Å²) < 4.78 is 1.71. The SMILES string of the molecule is Cn1nc(NC(=O)C(=O)NCC2(C(=O)O)CCCC2)cc1C1CC1. The summed E-state index contributed by atoms with van der Waals surface area (Å²) in [6.07, 6.45) is 4.93. The Balaban J connectivity index is 1.56. The molecule has 0 spiro atoms. The van der Waals surface area contributed by atoms with Gasteiger partial charge in [-0.2, -0.15) is 5.10 Å². The van der Waals surface area contributed by atoms with Crippen LogP contribution in [0.3, 0.4) is 0 Å². The van der Waals surface area contributed by atoms with Crippen LogP contribution in [0.15, 0.2) is 6.07 Å². The first-order valence-electron chi connectivity index (χ1n) is 8.28. The van der Waals surface area contributed by atoms with E-state index in [0.29, 0.717) is 24.6 Å². The molecule has 1 heterocycles. The maximum Gasteiger partial charge on any atom is 0.314 e. The molecule has 8 heteroatoms. The molecular formula is C16H22N4O4. The maximum atomic E-state index is 12.0. The van der Waals surface area contributed by atoms with Gasteiger partial charge in [-0.15, -0.1) is 0 Å². The van der Waals surface area contributed by atoms with Crippen molar-refractivity contribution < 1.29 is 19.5 Å². The molecule has 2 fully saturated rings. The molecule has 2 saturated carbocycles. The van der Waals surface area contributed by atoms with E-state index in [0.717, 1.165) is 31.4 Å². The van der Waals surface area contributed by atoms with Crippen molar-refractivity contribution >= 4 is 23.6 Å². The number of aliphatic carboxylic acids is 1. The predicted octanol–water partition coefficient (Wildman–Crippen LogP) is 0.997. The van der Waals surface area contributed by atoms with Gasteiger partial charge in [-0.3, -0.25) is 19.1 Å². The van der Waals surface area contributed by atoms with Crippen LogP contribution in [-0.2, 0) is 21.4 Å². The van der Waals surface area contributed by atoms with E-state index in [1.54, 1.807) is 17.8 Å². The van der Waals surface area contributed by atoms with E-state index < -0.39 is 23.2 Å². The summed E-state index contributed by atoms with van der Waals surface area (Å²) in [7, 11) is 1.81. The van der Waals surface area contributed by atoms with E-state index in [1.807, 2.05) is 0 Å². The Kier molecular flexibility index (Phi) is 4.29. The number of nitrogens with zero attached hydrogens (tertiary/aromatic N) is 2. The Labute approximate surface area is 139 Å². The Morgan fingerprint density at radius 3 is 2.54 bits per heavy atom. The lowest BCUT2D eigenvalue weighted by Crippen LogP contribution is -2.44. The second kappa shape index (κ2) is 6.26. The van der Waals surface area contributed by atoms with E-state index in [9.17, 15) is 19.5 Å². The molecule has 3 N–H and O–H groups in total. The first kappa shape index (κ1) is 16.5. The van der Waals surface area contributed by atoms with Crippen LogP contribution in [0.2, 0.25) is 0 Å². The molecular weight excluding hydrogens is 312 g/mol. The van der Waals surface area contributed by atoms with Crippen LogP contribution in [0.25, 0.3) is 0 Å². The fourth-order valence-electron chi connectivity index (χ4n) is 3.32. The van der Waals surface area contributed by atoms with E-state index in [2.05, 4.69) is 15.7 Å². The van der Waals surface area contributed by atoms with E-state index in [4.69, 9.17) is 0 Å². The van der Waals surface area contributed by atoms with Crippen molar-refractivity contribution in [2.24, 2.45) is 12.5 Å². The molecule has 2 aliphatic carbocycles. The molecule has 1 aromatic rings. The number of hydrogen-bond donors (Lipinski definition) is 3. The van der Waals surface area contributed by atoms with Crippen LogP contribution in [0.1, 0.15) is 50.1 Å². The van der Waals surface area contributed by atoms with Gasteiger partial charge >= 0.3 is 17.8 Å². The third-order valence-electron chi connectivity index (χ3n) is 4.96. The number of anilines is 1. The first-order chi connectivity index (χ1) is 11.4. The second-order valence-corrected chi connectivity index (χ2v) is 6.78. The molecule has 24 heavy (non-hydrogen) atoms. The lowest BCUT2D eigenvalue weighted by atomic mass is 9.86. The topological polar surface area (TPSA) is 113 Å². The van der Waals surface area contributed by atoms with Crippen molar-refractivity contribution in [1.82, 2.24) is 15.1 Å². The fraction of sp³-hybridized carbons (Fsp3) is 0.625. The third-order valence-corrected chi connectivity index (χ3v) is 4.96. The van der Waals surface area contributed by atoms with Crippen LogP contribution in [0.4, 0.5) is 5.82 Å². The minimum absolute atomic E-state index is 0.0237. The third kappa shape index (κ3) is 3.27. The van der Waals surface area contributed by atoms with Crippen molar-refractivity contribution in [2.75, 3.05) is 11.9 Å². The standard InChI is InChI=1S/C16H22N4O4/c1-20-11(10-4-5-10)8-12(19-20)18-14(22)13(21)17-9-16(15(23)24)6-2-3-7-16/h8,10H,2-7,9H2,1H3,(H,17,21)(H,23,24)(H,18,19,22). The summed E-state index contributed by atoms with van der Waals surface area (Å²) in [5.74, 6) is -1.75. The van der Waals surface area contributed by atoms with Gasteiger partial charge in [0.05, 0.1) is 5.41 Å². The summed E-state index contributed by atoms with van der Waals surface area (Å²) in [5.41, 5.74) is 0.0987. The van der Waals surface area contributed by atoms with Crippen LogP contribution >= 0.6 is 0 Å². The van der Waals surface area contributed by atoms with Gasteiger partial charge in [-0.25, -0.2) is 0 Å². The Bertz CT molecular complexity index is 672. The van der Waals surface area contributed by atoms with Crippen molar-refractivity contribution in [3.8, 4) is 0 Å². The van der Waals surface area contributed by atoms with Gasteiger partial charge in [0, 0.05) is 31.3 Å². The van der Waals surface area contributed by atoms with Crippen molar-refractivity contribution in [2.45, 2.75) is 44.4 Å². The number of hydrogen-bond acceptors (Lipinski definition) is 4. The van der Waals surface area contributed by atoms with E-state index in [-0.39, 0.29) is 6.54 Å². The Morgan fingerprint density at radius 1 is 1.29 bits per heavy atom. The van der Waals surface area contributed by atoms with Gasteiger partial charge in [-0.05, 0) is 25.7 Å². The van der Waals surface area contributed by atoms with Crippen molar-refractivity contribution in [3.63, 3.8) is 0 Å². The number of amides is 2. The number of aromatic nitrogens is 2. The molecule has 0 radical (unpaired) electrons. The lowest BCUT2D eigenvalue weighted by molar-refractivity contribution is -0.149. The summed E-state index contributed by atoms with van der Waals surface area (Å²) in [6, 6.07) is 1.78. The molecule has 0 atom stereocenters. The highest BCUT2D eigenvalue weighted by atomic mass is 16.4. The maximum absolute atomic E-state index is 12.0. The van der Waals surface area contributed by atoms with Crippen LogP contribution in [0, 0.1) is 5.41 Å². The quantitative estimate of drug-likeness (QED) is 0.695. The highest BCUT2D eigenvalue weighted by molar-refractivity contribution is 6.39. The normalized spacial score (nSPS) is 19.0. The molecule has 130 valence electrons. The first-order valence-corrected chi connectivity index (χ1v) is 8.28. The molecule has 0 saturated heterocycles. The molecule has 8 nitrogen and oxygen atoms in total. The number of carbonyl (C=O) groups is 3. The average Bonchev–Trinajstić information content (AvgIpc) is 3.14. The molecule has 1 aromatic heterocycles. The summed E-state index contributed by atoms with van der Waals surface area (Å²) in [4.78, 5) is 35.4. The zero-order valence-corrected chi connectivity index (χ0v) is 13.7. The number of carboxylic acids is 1. The molecule has 2 aliphatic rings. The van der Waals surface area contributed by atoms with E-state index in [1.165, 1.54) is 0 Å². The number of carbonyl (C=O) groups excluding carboxylic acids is 2. The zero-order valence-electron chi connectivity index (χ0n) is 13.7. The molecule has 0 aliphatic heterocycles. The Hall–Kier alpha value is -2.38. The molecule has 0 aromatic carbocycles. The molecule has 2 amide bonds. The van der Waals surface area contributed by atoms with Gasteiger partial charge < -0.3 is 15.7 Å². The largest absolute Gasteiger partial charge is 0.481 e. The molecule has 0 unspecified atom stereocenters. The number of rotatable bonds is 5. The van der Waals surface area contributed by atoms with Crippen molar-refractivity contribution in [1.29, 1.82) is 0 Å². The predicted molar refractivity (Wildman–Crippen MR) is 85.4 cm³/mol. The van der Waals surface area contributed by atoms with Gasteiger partial charge in [0.1, 0.15) is 0 Å². The van der Waals surface area contributed by atoms with E-state index >= 15 is 0 Å². The smallest absolute Gasteiger partial charge is 0.314 e. The van der Waals surface area contributed by atoms with Crippen LogP contribution < -0.4 is 10.6 Å². The van der Waals surface area contributed by atoms with Crippen LogP contribution in [-0.4, -0.2) is 39.2 Å². The van der Waals surface area contributed by atoms with Gasteiger partial charge in [0.2, 0.25) is 0 Å².